The molecule has 4 aromatic rings. The van der Waals surface area contributed by atoms with Gasteiger partial charge in [0.1, 0.15) is 16.9 Å². The molecular formula is C25H22N2O4. The number of carbonyl (C=O) groups excluding carboxylic acids is 1. The van der Waals surface area contributed by atoms with Gasteiger partial charge in [0.2, 0.25) is 11.3 Å². The van der Waals surface area contributed by atoms with Crippen molar-refractivity contribution in [1.29, 1.82) is 0 Å². The predicted octanol–water partition coefficient (Wildman–Crippen LogP) is 4.26. The molecule has 4 rings (SSSR count). The maximum absolute atomic E-state index is 13.0. The number of fused-ring (bicyclic) bond motifs is 2. The third kappa shape index (κ3) is 4.05. The quantitative estimate of drug-likeness (QED) is 0.301. The van der Waals surface area contributed by atoms with Gasteiger partial charge in [-0.25, -0.2) is 5.43 Å². The maximum atomic E-state index is 13.0. The molecule has 0 bridgehead atoms. The van der Waals surface area contributed by atoms with Crippen LogP contribution in [0.3, 0.4) is 0 Å². The molecule has 0 aliphatic heterocycles. The lowest BCUT2D eigenvalue weighted by Gasteiger charge is -2.09. The summed E-state index contributed by atoms with van der Waals surface area (Å²) < 4.78 is 11.3. The van der Waals surface area contributed by atoms with E-state index in [2.05, 4.69) is 10.5 Å². The van der Waals surface area contributed by atoms with Crippen molar-refractivity contribution < 1.29 is 13.9 Å². The summed E-state index contributed by atoms with van der Waals surface area (Å²) in [5.41, 5.74) is 6.84. The summed E-state index contributed by atoms with van der Waals surface area (Å²) in [6.45, 7) is 3.90. The first-order chi connectivity index (χ1) is 15.0. The smallest absolute Gasteiger partial charge is 0.244 e. The molecule has 0 unspecified atom stereocenters. The topological polar surface area (TPSA) is 80.9 Å². The van der Waals surface area contributed by atoms with Crippen molar-refractivity contribution in [3.05, 3.63) is 87.1 Å². The minimum absolute atomic E-state index is 0.0383. The normalized spacial score (nSPS) is 11.3. The van der Waals surface area contributed by atoms with Gasteiger partial charge >= 0.3 is 0 Å². The third-order valence-corrected chi connectivity index (χ3v) is 5.34. The summed E-state index contributed by atoms with van der Waals surface area (Å²) in [6.07, 6.45) is 1.59. The Bertz CT molecular complexity index is 1370. The molecule has 156 valence electrons. The van der Waals surface area contributed by atoms with Gasteiger partial charge in [0.05, 0.1) is 30.5 Å². The van der Waals surface area contributed by atoms with E-state index in [1.165, 1.54) is 0 Å². The van der Waals surface area contributed by atoms with Gasteiger partial charge in [-0.15, -0.1) is 0 Å². The average molecular weight is 414 g/mol. The molecule has 0 radical (unpaired) electrons. The molecule has 0 atom stereocenters. The lowest BCUT2D eigenvalue weighted by Crippen LogP contribution is -2.20. The van der Waals surface area contributed by atoms with E-state index in [-0.39, 0.29) is 17.8 Å². The Morgan fingerprint density at radius 2 is 1.77 bits per heavy atom. The molecule has 1 N–H and O–H groups in total. The van der Waals surface area contributed by atoms with Crippen LogP contribution in [0.1, 0.15) is 22.3 Å². The Kier molecular flexibility index (Phi) is 5.54. The highest BCUT2D eigenvalue weighted by Crippen LogP contribution is 2.26. The lowest BCUT2D eigenvalue weighted by atomic mass is 10.0. The van der Waals surface area contributed by atoms with Gasteiger partial charge in [0.25, 0.3) is 0 Å². The Morgan fingerprint density at radius 3 is 2.52 bits per heavy atom. The van der Waals surface area contributed by atoms with Crippen molar-refractivity contribution in [1.82, 2.24) is 5.43 Å². The summed E-state index contributed by atoms with van der Waals surface area (Å²) in [5, 5.41) is 5.01. The Morgan fingerprint density at radius 1 is 1.03 bits per heavy atom. The number of rotatable bonds is 5. The number of nitrogens with zero attached hydrogens (tertiary/aromatic N) is 1. The third-order valence-electron chi connectivity index (χ3n) is 5.34. The van der Waals surface area contributed by atoms with Crippen LogP contribution in [0.25, 0.3) is 21.9 Å². The Hall–Kier alpha value is -3.93. The second-order valence-corrected chi connectivity index (χ2v) is 7.35. The van der Waals surface area contributed by atoms with Gasteiger partial charge in [0, 0.05) is 5.56 Å². The molecule has 31 heavy (non-hydrogen) atoms. The molecule has 0 spiro atoms. The van der Waals surface area contributed by atoms with Crippen LogP contribution in [0.4, 0.5) is 0 Å². The van der Waals surface area contributed by atoms with Crippen LogP contribution in [0.15, 0.2) is 68.9 Å². The summed E-state index contributed by atoms with van der Waals surface area (Å²) in [7, 11) is 1.60. The van der Waals surface area contributed by atoms with E-state index < -0.39 is 0 Å². The highest BCUT2D eigenvalue weighted by Gasteiger charge is 2.15. The molecule has 0 saturated carbocycles. The fraction of sp³-hybridized carbons (Fsp3) is 0.160. The molecule has 6 heteroatoms. The average Bonchev–Trinajstić information content (AvgIpc) is 2.78. The molecule has 1 amide bonds. The molecule has 0 aliphatic rings. The number of ether oxygens (including phenoxy) is 1. The monoisotopic (exact) mass is 414 g/mol. The highest BCUT2D eigenvalue weighted by molar-refractivity contribution is 5.94. The number of benzene rings is 3. The first-order valence-electron chi connectivity index (χ1n) is 9.88. The summed E-state index contributed by atoms with van der Waals surface area (Å²) in [4.78, 5) is 25.4. The molecule has 0 fully saturated rings. The number of hydrogen-bond acceptors (Lipinski definition) is 5. The lowest BCUT2D eigenvalue weighted by molar-refractivity contribution is -0.120. The minimum atomic E-state index is -0.305. The van der Waals surface area contributed by atoms with E-state index >= 15 is 0 Å². The van der Waals surface area contributed by atoms with Crippen molar-refractivity contribution in [3.63, 3.8) is 0 Å². The van der Waals surface area contributed by atoms with Gasteiger partial charge < -0.3 is 9.15 Å². The van der Waals surface area contributed by atoms with E-state index in [4.69, 9.17) is 9.15 Å². The number of nitrogens with one attached hydrogen (secondary N) is 1. The molecule has 1 aromatic heterocycles. The van der Waals surface area contributed by atoms with Crippen LogP contribution in [0, 0.1) is 13.8 Å². The fourth-order valence-corrected chi connectivity index (χ4v) is 3.45. The van der Waals surface area contributed by atoms with Crippen LogP contribution in [0.5, 0.6) is 5.75 Å². The summed E-state index contributed by atoms with van der Waals surface area (Å²) in [5.74, 6) is 0.442. The zero-order valence-corrected chi connectivity index (χ0v) is 17.6. The largest absolute Gasteiger partial charge is 0.497 e. The van der Waals surface area contributed by atoms with E-state index in [9.17, 15) is 9.59 Å². The first kappa shape index (κ1) is 20.3. The van der Waals surface area contributed by atoms with Gasteiger partial charge in [-0.3, -0.25) is 9.59 Å². The van der Waals surface area contributed by atoms with Crippen molar-refractivity contribution in [2.45, 2.75) is 20.3 Å². The van der Waals surface area contributed by atoms with E-state index in [1.807, 2.05) is 44.2 Å². The van der Waals surface area contributed by atoms with Crippen LogP contribution in [-0.2, 0) is 11.2 Å². The number of methoxy groups -OCH3 is 1. The Labute approximate surface area is 179 Å². The molecule has 3 aromatic carbocycles. The second kappa shape index (κ2) is 8.44. The first-order valence-corrected chi connectivity index (χ1v) is 9.88. The zero-order chi connectivity index (χ0) is 22.0. The SMILES string of the molecule is COc1ccc(/C=N\NC(=O)Cc2cccc3c(=O)c4ccc(C)c(C)c4oc23)cc1. The van der Waals surface area contributed by atoms with E-state index in [0.29, 0.717) is 27.5 Å². The standard InChI is InChI=1S/C25H22N2O4/c1-15-7-12-21-23(29)20-6-4-5-18(25(20)31-24(21)16(15)2)13-22(28)27-26-14-17-8-10-19(30-3)11-9-17/h4-12,14H,13H2,1-3H3,(H,27,28)/b26-14-. The number of para-hydroxylation sites is 1. The maximum Gasteiger partial charge on any atom is 0.244 e. The second-order valence-electron chi connectivity index (χ2n) is 7.35. The number of hydrazone groups is 1. The Balaban J connectivity index is 1.60. The molecule has 0 saturated heterocycles. The van der Waals surface area contributed by atoms with Crippen LogP contribution in [-0.4, -0.2) is 19.2 Å². The van der Waals surface area contributed by atoms with Crippen molar-refractivity contribution >= 4 is 34.1 Å². The number of hydrogen-bond donors (Lipinski definition) is 1. The highest BCUT2D eigenvalue weighted by atomic mass is 16.5. The van der Waals surface area contributed by atoms with Gasteiger partial charge in [-0.2, -0.15) is 5.10 Å². The van der Waals surface area contributed by atoms with E-state index in [1.54, 1.807) is 37.6 Å². The van der Waals surface area contributed by atoms with Crippen molar-refractivity contribution in [2.75, 3.05) is 7.11 Å². The number of amides is 1. The number of carbonyl (C=O) groups is 1. The number of aryl methyl sites for hydroxylation is 2. The van der Waals surface area contributed by atoms with Crippen LogP contribution >= 0.6 is 0 Å². The van der Waals surface area contributed by atoms with Gasteiger partial charge in [-0.1, -0.05) is 18.2 Å². The fourth-order valence-electron chi connectivity index (χ4n) is 3.45. The van der Waals surface area contributed by atoms with Crippen molar-refractivity contribution in [3.8, 4) is 5.75 Å². The van der Waals surface area contributed by atoms with Crippen LogP contribution < -0.4 is 15.6 Å². The summed E-state index contributed by atoms with van der Waals surface area (Å²) >= 11 is 0. The summed E-state index contributed by atoms with van der Waals surface area (Å²) in [6, 6.07) is 16.3. The van der Waals surface area contributed by atoms with Gasteiger partial charge in [0.15, 0.2) is 0 Å². The molecule has 0 aliphatic carbocycles. The zero-order valence-electron chi connectivity index (χ0n) is 17.6. The van der Waals surface area contributed by atoms with E-state index in [0.717, 1.165) is 22.4 Å². The molecular weight excluding hydrogens is 392 g/mol. The molecule has 1 heterocycles. The predicted molar refractivity (Wildman–Crippen MR) is 122 cm³/mol. The van der Waals surface area contributed by atoms with Gasteiger partial charge in [-0.05, 0) is 66.9 Å². The van der Waals surface area contributed by atoms with Crippen LogP contribution in [0.2, 0.25) is 0 Å². The minimum Gasteiger partial charge on any atom is -0.497 e. The molecule has 6 nitrogen and oxygen atoms in total. The van der Waals surface area contributed by atoms with Crippen molar-refractivity contribution in [2.24, 2.45) is 5.10 Å².